The molecule has 1 aromatic rings. The number of hydrogen-bond donors (Lipinski definition) is 3. The van der Waals surface area contributed by atoms with E-state index in [-0.39, 0.29) is 6.61 Å². The van der Waals surface area contributed by atoms with Crippen LogP contribution < -0.4 is 11.1 Å². The van der Waals surface area contributed by atoms with E-state index >= 15 is 0 Å². The Balaban J connectivity index is 2.03. The van der Waals surface area contributed by atoms with Crippen molar-refractivity contribution in [2.45, 2.75) is 44.8 Å². The fourth-order valence-corrected chi connectivity index (χ4v) is 2.19. The van der Waals surface area contributed by atoms with Gasteiger partial charge in [-0.3, -0.25) is 4.98 Å². The zero-order valence-electron chi connectivity index (χ0n) is 9.45. The van der Waals surface area contributed by atoms with Gasteiger partial charge in [0.25, 0.3) is 0 Å². The minimum absolute atomic E-state index is 0.0616. The summed E-state index contributed by atoms with van der Waals surface area (Å²) in [4.78, 5) is 4.13. The number of aliphatic hydroxyl groups is 1. The van der Waals surface area contributed by atoms with Crippen LogP contribution in [0.15, 0.2) is 12.3 Å². The standard InChI is InChI=1S/C12H19N3O/c13-11-6-10(8-16)14-7-12(11)15-9-4-2-1-3-5-9/h6-7,9,15-16H,1-5,8H2,(H2,13,14). The average Bonchev–Trinajstić information content (AvgIpc) is 2.33. The fraction of sp³-hybridized carbons (Fsp3) is 0.583. The van der Waals surface area contributed by atoms with Crippen molar-refractivity contribution in [3.05, 3.63) is 18.0 Å². The van der Waals surface area contributed by atoms with Gasteiger partial charge in [-0.1, -0.05) is 19.3 Å². The van der Waals surface area contributed by atoms with Gasteiger partial charge in [0.05, 0.1) is 29.9 Å². The van der Waals surface area contributed by atoms with Crippen molar-refractivity contribution in [1.82, 2.24) is 4.98 Å². The molecule has 0 saturated heterocycles. The highest BCUT2D eigenvalue weighted by molar-refractivity contribution is 5.65. The van der Waals surface area contributed by atoms with E-state index in [0.717, 1.165) is 5.69 Å². The molecule has 4 heteroatoms. The lowest BCUT2D eigenvalue weighted by molar-refractivity contribution is 0.277. The van der Waals surface area contributed by atoms with Crippen LogP contribution in [0.1, 0.15) is 37.8 Å². The predicted octanol–water partition coefficient (Wildman–Crippen LogP) is 1.90. The first-order valence-corrected chi connectivity index (χ1v) is 5.91. The summed E-state index contributed by atoms with van der Waals surface area (Å²) in [7, 11) is 0. The predicted molar refractivity (Wildman–Crippen MR) is 65.1 cm³/mol. The Morgan fingerprint density at radius 2 is 2.12 bits per heavy atom. The highest BCUT2D eigenvalue weighted by Crippen LogP contribution is 2.24. The second-order valence-electron chi connectivity index (χ2n) is 4.40. The molecule has 1 aliphatic rings. The Kier molecular flexibility index (Phi) is 3.62. The quantitative estimate of drug-likeness (QED) is 0.729. The van der Waals surface area contributed by atoms with Gasteiger partial charge < -0.3 is 16.2 Å². The Bertz CT molecular complexity index is 348. The minimum Gasteiger partial charge on any atom is -0.397 e. The Hall–Kier alpha value is -1.29. The molecule has 0 unspecified atom stereocenters. The molecule has 1 heterocycles. The molecular formula is C12H19N3O. The van der Waals surface area contributed by atoms with Crippen LogP contribution in [0.5, 0.6) is 0 Å². The minimum atomic E-state index is -0.0616. The molecule has 88 valence electrons. The number of rotatable bonds is 3. The summed E-state index contributed by atoms with van der Waals surface area (Å²) in [5, 5.41) is 12.4. The molecule has 0 spiro atoms. The Labute approximate surface area is 95.9 Å². The van der Waals surface area contributed by atoms with Crippen LogP contribution in [0.25, 0.3) is 0 Å². The van der Waals surface area contributed by atoms with Crippen LogP contribution in [0, 0.1) is 0 Å². The van der Waals surface area contributed by atoms with E-state index < -0.39 is 0 Å². The molecule has 2 rings (SSSR count). The number of hydrogen-bond acceptors (Lipinski definition) is 4. The van der Waals surface area contributed by atoms with Gasteiger partial charge in [0.15, 0.2) is 0 Å². The molecular weight excluding hydrogens is 202 g/mol. The summed E-state index contributed by atoms with van der Waals surface area (Å²) in [6.07, 6.45) is 8.06. The third kappa shape index (κ3) is 2.64. The number of nitrogens with one attached hydrogen (secondary N) is 1. The van der Waals surface area contributed by atoms with E-state index in [1.165, 1.54) is 32.1 Å². The third-order valence-electron chi connectivity index (χ3n) is 3.12. The van der Waals surface area contributed by atoms with E-state index in [4.69, 9.17) is 10.8 Å². The van der Waals surface area contributed by atoms with Gasteiger partial charge in [0, 0.05) is 6.04 Å². The van der Waals surface area contributed by atoms with Crippen molar-refractivity contribution in [2.75, 3.05) is 11.1 Å². The molecule has 1 aliphatic carbocycles. The van der Waals surface area contributed by atoms with Gasteiger partial charge in [-0.05, 0) is 18.9 Å². The number of aromatic nitrogens is 1. The molecule has 1 fully saturated rings. The number of nitrogens with zero attached hydrogens (tertiary/aromatic N) is 1. The summed E-state index contributed by atoms with van der Waals surface area (Å²) < 4.78 is 0. The molecule has 0 bridgehead atoms. The fourth-order valence-electron chi connectivity index (χ4n) is 2.19. The largest absolute Gasteiger partial charge is 0.397 e. The molecule has 0 radical (unpaired) electrons. The molecule has 1 aromatic heterocycles. The Morgan fingerprint density at radius 3 is 2.75 bits per heavy atom. The summed E-state index contributed by atoms with van der Waals surface area (Å²) in [5.74, 6) is 0. The average molecular weight is 221 g/mol. The second-order valence-corrected chi connectivity index (χ2v) is 4.40. The third-order valence-corrected chi connectivity index (χ3v) is 3.12. The van der Waals surface area contributed by atoms with Crippen molar-refractivity contribution in [1.29, 1.82) is 0 Å². The van der Waals surface area contributed by atoms with Crippen molar-refractivity contribution >= 4 is 11.4 Å². The van der Waals surface area contributed by atoms with Gasteiger partial charge in [-0.2, -0.15) is 0 Å². The molecule has 4 N–H and O–H groups in total. The molecule has 4 nitrogen and oxygen atoms in total. The maximum absolute atomic E-state index is 8.94. The lowest BCUT2D eigenvalue weighted by atomic mass is 9.95. The zero-order valence-corrected chi connectivity index (χ0v) is 9.45. The summed E-state index contributed by atoms with van der Waals surface area (Å²) in [5.41, 5.74) is 8.08. The van der Waals surface area contributed by atoms with Crippen LogP contribution in [0.2, 0.25) is 0 Å². The van der Waals surface area contributed by atoms with E-state index in [1.807, 2.05) is 0 Å². The number of pyridine rings is 1. The molecule has 0 aromatic carbocycles. The molecule has 16 heavy (non-hydrogen) atoms. The van der Waals surface area contributed by atoms with Gasteiger partial charge in [-0.25, -0.2) is 0 Å². The van der Waals surface area contributed by atoms with Gasteiger partial charge >= 0.3 is 0 Å². The van der Waals surface area contributed by atoms with E-state index in [2.05, 4.69) is 10.3 Å². The monoisotopic (exact) mass is 221 g/mol. The molecule has 0 atom stereocenters. The van der Waals surface area contributed by atoms with Crippen LogP contribution in [0.4, 0.5) is 11.4 Å². The second kappa shape index (κ2) is 5.16. The lowest BCUT2D eigenvalue weighted by Crippen LogP contribution is -2.23. The summed E-state index contributed by atoms with van der Waals surface area (Å²) in [6.45, 7) is -0.0616. The maximum Gasteiger partial charge on any atom is 0.0853 e. The maximum atomic E-state index is 8.94. The van der Waals surface area contributed by atoms with Gasteiger partial charge in [-0.15, -0.1) is 0 Å². The van der Waals surface area contributed by atoms with Crippen LogP contribution in [0.3, 0.4) is 0 Å². The van der Waals surface area contributed by atoms with Crippen LogP contribution in [-0.4, -0.2) is 16.1 Å². The van der Waals surface area contributed by atoms with E-state index in [1.54, 1.807) is 12.3 Å². The zero-order chi connectivity index (χ0) is 11.4. The van der Waals surface area contributed by atoms with Crippen molar-refractivity contribution < 1.29 is 5.11 Å². The summed E-state index contributed by atoms with van der Waals surface area (Å²) in [6, 6.07) is 2.25. The van der Waals surface area contributed by atoms with Crippen molar-refractivity contribution in [2.24, 2.45) is 0 Å². The first-order valence-electron chi connectivity index (χ1n) is 5.91. The van der Waals surface area contributed by atoms with E-state index in [0.29, 0.717) is 17.4 Å². The summed E-state index contributed by atoms with van der Waals surface area (Å²) >= 11 is 0. The number of aliphatic hydroxyl groups excluding tert-OH is 1. The first kappa shape index (κ1) is 11.2. The molecule has 1 saturated carbocycles. The number of nitrogen functional groups attached to an aromatic ring is 1. The lowest BCUT2D eigenvalue weighted by Gasteiger charge is -2.24. The van der Waals surface area contributed by atoms with Crippen LogP contribution in [-0.2, 0) is 6.61 Å². The Morgan fingerprint density at radius 1 is 1.38 bits per heavy atom. The SMILES string of the molecule is Nc1cc(CO)ncc1NC1CCCCC1. The highest BCUT2D eigenvalue weighted by atomic mass is 16.3. The number of nitrogens with two attached hydrogens (primary N) is 1. The van der Waals surface area contributed by atoms with Crippen molar-refractivity contribution in [3.63, 3.8) is 0 Å². The number of anilines is 2. The first-order chi connectivity index (χ1) is 7.79. The van der Waals surface area contributed by atoms with Crippen molar-refractivity contribution in [3.8, 4) is 0 Å². The molecule has 0 aliphatic heterocycles. The van der Waals surface area contributed by atoms with Gasteiger partial charge in [0.1, 0.15) is 0 Å². The highest BCUT2D eigenvalue weighted by Gasteiger charge is 2.14. The smallest absolute Gasteiger partial charge is 0.0853 e. The van der Waals surface area contributed by atoms with Crippen LogP contribution >= 0.6 is 0 Å². The molecule has 0 amide bonds. The normalized spacial score (nSPS) is 17.3. The van der Waals surface area contributed by atoms with Gasteiger partial charge in [0.2, 0.25) is 0 Å². The van der Waals surface area contributed by atoms with E-state index in [9.17, 15) is 0 Å². The topological polar surface area (TPSA) is 71.2 Å².